The lowest BCUT2D eigenvalue weighted by molar-refractivity contribution is 0.112. The number of rotatable bonds is 4. The number of thiazole rings is 1. The molecule has 2 N–H and O–H groups in total. The molecule has 2 aromatic rings. The summed E-state index contributed by atoms with van der Waals surface area (Å²) in [5.74, 6) is 0. The molecule has 0 atom stereocenters. The fourth-order valence-electron chi connectivity index (χ4n) is 1.75. The van der Waals surface area contributed by atoms with Crippen LogP contribution in [0.15, 0.2) is 11.3 Å². The van der Waals surface area contributed by atoms with Crippen molar-refractivity contribution in [1.29, 1.82) is 0 Å². The molecule has 17 heavy (non-hydrogen) atoms. The Morgan fingerprint density at radius 1 is 1.59 bits per heavy atom. The molecule has 2 rings (SSSR count). The van der Waals surface area contributed by atoms with Crippen LogP contribution < -0.4 is 5.43 Å². The first-order valence-electron chi connectivity index (χ1n) is 5.12. The van der Waals surface area contributed by atoms with Crippen LogP contribution in [0, 0.1) is 6.92 Å². The molecule has 0 amide bonds. The zero-order chi connectivity index (χ0) is 12.4. The highest BCUT2D eigenvalue weighted by Crippen LogP contribution is 2.28. The van der Waals surface area contributed by atoms with Gasteiger partial charge >= 0.3 is 0 Å². The molecule has 0 fully saturated rings. The highest BCUT2D eigenvalue weighted by Gasteiger charge is 2.16. The van der Waals surface area contributed by atoms with Gasteiger partial charge in [0.15, 0.2) is 6.29 Å². The maximum Gasteiger partial charge on any atom is 0.152 e. The second kappa shape index (κ2) is 4.68. The normalized spacial score (nSPS) is 11.5. The summed E-state index contributed by atoms with van der Waals surface area (Å²) in [4.78, 5) is 12.9. The SMILES string of the molecule is CN/N=C\c1c(C=O)c(C)n2cc(CO)sc12. The van der Waals surface area contributed by atoms with E-state index >= 15 is 0 Å². The Morgan fingerprint density at radius 3 is 2.94 bits per heavy atom. The van der Waals surface area contributed by atoms with Crippen molar-refractivity contribution in [2.75, 3.05) is 7.05 Å². The van der Waals surface area contributed by atoms with Crippen molar-refractivity contribution in [3.05, 3.63) is 27.9 Å². The fourth-order valence-corrected chi connectivity index (χ4v) is 2.78. The zero-order valence-electron chi connectivity index (χ0n) is 9.60. The van der Waals surface area contributed by atoms with Gasteiger partial charge in [0.25, 0.3) is 0 Å². The predicted octanol–water partition coefficient (Wildman–Crippen LogP) is 1.17. The number of aryl methyl sites for hydroxylation is 1. The summed E-state index contributed by atoms with van der Waals surface area (Å²) in [6.45, 7) is 1.88. The molecule has 0 unspecified atom stereocenters. The number of hydrazone groups is 1. The molecule has 0 radical (unpaired) electrons. The number of hydrogen-bond acceptors (Lipinski definition) is 5. The minimum Gasteiger partial charge on any atom is -0.391 e. The van der Waals surface area contributed by atoms with Crippen molar-refractivity contribution in [2.45, 2.75) is 13.5 Å². The summed E-state index contributed by atoms with van der Waals surface area (Å²) in [7, 11) is 1.70. The van der Waals surface area contributed by atoms with Gasteiger partial charge in [0.1, 0.15) is 4.83 Å². The van der Waals surface area contributed by atoms with Gasteiger partial charge in [-0.05, 0) is 6.92 Å². The van der Waals surface area contributed by atoms with Crippen LogP contribution in [0.2, 0.25) is 0 Å². The van der Waals surface area contributed by atoms with E-state index in [1.165, 1.54) is 11.3 Å². The largest absolute Gasteiger partial charge is 0.391 e. The first-order chi connectivity index (χ1) is 8.22. The monoisotopic (exact) mass is 251 g/mol. The Balaban J connectivity index is 2.71. The van der Waals surface area contributed by atoms with Gasteiger partial charge in [-0.1, -0.05) is 0 Å². The Bertz CT molecular complexity index is 583. The number of aliphatic hydroxyl groups is 1. The summed E-state index contributed by atoms with van der Waals surface area (Å²) in [6.07, 6.45) is 4.31. The van der Waals surface area contributed by atoms with E-state index < -0.39 is 0 Å². The van der Waals surface area contributed by atoms with Gasteiger partial charge in [-0.2, -0.15) is 5.10 Å². The molecule has 0 aliphatic carbocycles. The van der Waals surface area contributed by atoms with Crippen molar-refractivity contribution < 1.29 is 9.90 Å². The summed E-state index contributed by atoms with van der Waals surface area (Å²) >= 11 is 1.46. The van der Waals surface area contributed by atoms with E-state index in [2.05, 4.69) is 10.5 Å². The highest BCUT2D eigenvalue weighted by atomic mass is 32.1. The van der Waals surface area contributed by atoms with Crippen LogP contribution in [-0.4, -0.2) is 29.1 Å². The van der Waals surface area contributed by atoms with E-state index in [1.807, 2.05) is 17.5 Å². The van der Waals surface area contributed by atoms with Crippen LogP contribution in [0.25, 0.3) is 4.83 Å². The quantitative estimate of drug-likeness (QED) is 0.487. The smallest absolute Gasteiger partial charge is 0.152 e. The Labute approximate surface area is 102 Å². The van der Waals surface area contributed by atoms with Gasteiger partial charge in [-0.3, -0.25) is 4.79 Å². The summed E-state index contributed by atoms with van der Waals surface area (Å²) in [6, 6.07) is 0. The molecule has 90 valence electrons. The number of aromatic nitrogens is 1. The fraction of sp³-hybridized carbons (Fsp3) is 0.273. The molecule has 5 nitrogen and oxygen atoms in total. The molecule has 2 heterocycles. The second-order valence-corrected chi connectivity index (χ2v) is 4.66. The maximum atomic E-state index is 11.1. The number of hydrogen-bond donors (Lipinski definition) is 2. The summed E-state index contributed by atoms with van der Waals surface area (Å²) in [5.41, 5.74) is 4.95. The van der Waals surface area contributed by atoms with E-state index in [0.717, 1.165) is 27.3 Å². The molecular formula is C11H13N3O2S. The molecule has 0 aromatic carbocycles. The van der Waals surface area contributed by atoms with E-state index in [1.54, 1.807) is 13.3 Å². The van der Waals surface area contributed by atoms with Crippen LogP contribution in [0.5, 0.6) is 0 Å². The van der Waals surface area contributed by atoms with Crippen molar-refractivity contribution in [3.63, 3.8) is 0 Å². The highest BCUT2D eigenvalue weighted by molar-refractivity contribution is 7.17. The van der Waals surface area contributed by atoms with E-state index in [0.29, 0.717) is 5.56 Å². The predicted molar refractivity (Wildman–Crippen MR) is 68.0 cm³/mol. The minimum atomic E-state index is 0.00478. The number of nitrogens with zero attached hydrogens (tertiary/aromatic N) is 2. The Kier molecular flexibility index (Phi) is 3.26. The summed E-state index contributed by atoms with van der Waals surface area (Å²) in [5, 5.41) is 13.1. The lowest BCUT2D eigenvalue weighted by Gasteiger charge is -1.92. The average Bonchev–Trinajstić information content (AvgIpc) is 2.86. The van der Waals surface area contributed by atoms with E-state index in [-0.39, 0.29) is 6.61 Å². The van der Waals surface area contributed by atoms with Crippen molar-refractivity contribution in [3.8, 4) is 0 Å². The molecule has 0 aliphatic heterocycles. The first kappa shape index (κ1) is 11.8. The van der Waals surface area contributed by atoms with Gasteiger partial charge in [0, 0.05) is 34.9 Å². The van der Waals surface area contributed by atoms with E-state index in [4.69, 9.17) is 5.11 Å². The average molecular weight is 251 g/mol. The summed E-state index contributed by atoms with van der Waals surface area (Å²) < 4.78 is 1.91. The van der Waals surface area contributed by atoms with Crippen molar-refractivity contribution in [2.24, 2.45) is 5.10 Å². The molecule has 0 spiro atoms. The number of nitrogens with one attached hydrogen (secondary N) is 1. The van der Waals surface area contributed by atoms with Crippen LogP contribution in [0.1, 0.15) is 26.5 Å². The zero-order valence-corrected chi connectivity index (χ0v) is 10.4. The van der Waals surface area contributed by atoms with E-state index in [9.17, 15) is 4.79 Å². The van der Waals surface area contributed by atoms with Gasteiger partial charge < -0.3 is 14.9 Å². The van der Waals surface area contributed by atoms with Crippen molar-refractivity contribution >= 4 is 28.7 Å². The number of fused-ring (bicyclic) bond motifs is 1. The van der Waals surface area contributed by atoms with Gasteiger partial charge in [-0.15, -0.1) is 11.3 Å². The number of carbonyl (C=O) groups is 1. The van der Waals surface area contributed by atoms with Gasteiger partial charge in [0.2, 0.25) is 0 Å². The molecule has 0 saturated heterocycles. The molecule has 0 saturated carbocycles. The van der Waals surface area contributed by atoms with Gasteiger partial charge in [-0.25, -0.2) is 0 Å². The third-order valence-corrected chi connectivity index (χ3v) is 3.69. The molecule has 6 heteroatoms. The van der Waals surface area contributed by atoms with Crippen LogP contribution >= 0.6 is 11.3 Å². The third-order valence-electron chi connectivity index (χ3n) is 2.59. The van der Waals surface area contributed by atoms with Gasteiger partial charge in [0.05, 0.1) is 12.8 Å². The second-order valence-electron chi connectivity index (χ2n) is 3.54. The number of carbonyl (C=O) groups excluding carboxylic acids is 1. The van der Waals surface area contributed by atoms with Crippen LogP contribution in [-0.2, 0) is 6.61 Å². The standard InChI is InChI=1S/C11H13N3O2S/c1-7-10(6-16)9(3-13-12-2)11-14(7)4-8(5-15)17-11/h3-4,6,12,15H,5H2,1-2H3/b13-3-. The van der Waals surface area contributed by atoms with Crippen molar-refractivity contribution in [1.82, 2.24) is 9.83 Å². The first-order valence-corrected chi connectivity index (χ1v) is 5.93. The topological polar surface area (TPSA) is 66.1 Å². The molecule has 2 aromatic heterocycles. The minimum absolute atomic E-state index is 0.00478. The van der Waals surface area contributed by atoms with Crippen LogP contribution in [0.4, 0.5) is 0 Å². The number of aliphatic hydroxyl groups excluding tert-OH is 1. The lowest BCUT2D eigenvalue weighted by Crippen LogP contribution is -1.96. The molecule has 0 bridgehead atoms. The number of aldehydes is 1. The van der Waals surface area contributed by atoms with Crippen LogP contribution in [0.3, 0.4) is 0 Å². The third kappa shape index (κ3) is 1.85. The molecule has 0 aliphatic rings. The maximum absolute atomic E-state index is 11.1. The Morgan fingerprint density at radius 2 is 2.35 bits per heavy atom. The molecular weight excluding hydrogens is 238 g/mol. The lowest BCUT2D eigenvalue weighted by atomic mass is 10.2. The Hall–Kier alpha value is -1.66.